The van der Waals surface area contributed by atoms with Crippen LogP contribution in [0.5, 0.6) is 0 Å². The first kappa shape index (κ1) is 19.7. The molecule has 0 radical (unpaired) electrons. The summed E-state index contributed by atoms with van der Waals surface area (Å²) in [5.41, 5.74) is 0. The third-order valence-corrected chi connectivity index (χ3v) is 3.60. The normalized spacial score (nSPS) is 18.0. The molecule has 1 aliphatic heterocycles. The van der Waals surface area contributed by atoms with Crippen LogP contribution in [-0.2, 0) is 14.3 Å². The number of carbonyl (C=O) groups is 1. The van der Waals surface area contributed by atoms with Crippen LogP contribution in [0.3, 0.4) is 0 Å². The molecule has 1 saturated heterocycles. The molecule has 7 heteroatoms. The van der Waals surface area contributed by atoms with Crippen molar-refractivity contribution in [3.8, 4) is 0 Å². The van der Waals surface area contributed by atoms with Crippen molar-refractivity contribution in [1.82, 2.24) is 15.5 Å². The first-order valence-corrected chi connectivity index (χ1v) is 8.55. The van der Waals surface area contributed by atoms with Crippen LogP contribution in [0, 0.1) is 0 Å². The molecule has 0 aromatic heterocycles. The largest absolute Gasteiger partial charge is 0.382 e. The molecular formula is C16H32N4O3. The Morgan fingerprint density at radius 1 is 1.35 bits per heavy atom. The smallest absolute Gasteiger partial charge is 0.243 e. The molecule has 1 atom stereocenters. The van der Waals surface area contributed by atoms with E-state index in [0.717, 1.165) is 58.6 Å². The van der Waals surface area contributed by atoms with Crippen molar-refractivity contribution in [2.24, 2.45) is 4.99 Å². The number of aliphatic imine (C=N–C) groups is 1. The van der Waals surface area contributed by atoms with Gasteiger partial charge in [0, 0.05) is 47.0 Å². The summed E-state index contributed by atoms with van der Waals surface area (Å²) in [6.45, 7) is 6.06. The van der Waals surface area contributed by atoms with Crippen molar-refractivity contribution in [3.05, 3.63) is 0 Å². The average molecular weight is 328 g/mol. The van der Waals surface area contributed by atoms with Gasteiger partial charge in [-0.3, -0.25) is 4.79 Å². The SMILES string of the molecule is CCOCCCCNC(=NCC(=O)N(C)C)NCC1CCCO1. The highest BCUT2D eigenvalue weighted by Gasteiger charge is 2.15. The fraction of sp³-hybridized carbons (Fsp3) is 0.875. The molecular weight excluding hydrogens is 296 g/mol. The van der Waals surface area contributed by atoms with Gasteiger partial charge in [0.25, 0.3) is 0 Å². The van der Waals surface area contributed by atoms with Crippen molar-refractivity contribution in [1.29, 1.82) is 0 Å². The monoisotopic (exact) mass is 328 g/mol. The zero-order chi connectivity index (χ0) is 16.9. The summed E-state index contributed by atoms with van der Waals surface area (Å²) in [7, 11) is 3.47. The lowest BCUT2D eigenvalue weighted by molar-refractivity contribution is -0.127. The predicted octanol–water partition coefficient (Wildman–Crippen LogP) is 0.606. The van der Waals surface area contributed by atoms with E-state index in [1.165, 1.54) is 0 Å². The molecule has 1 heterocycles. The third kappa shape index (κ3) is 9.40. The van der Waals surface area contributed by atoms with E-state index in [1.54, 1.807) is 19.0 Å². The van der Waals surface area contributed by atoms with Crippen LogP contribution in [0.15, 0.2) is 4.99 Å². The number of guanidine groups is 1. The lowest BCUT2D eigenvalue weighted by Crippen LogP contribution is -2.42. The van der Waals surface area contributed by atoms with Crippen LogP contribution in [0.25, 0.3) is 0 Å². The van der Waals surface area contributed by atoms with Gasteiger partial charge >= 0.3 is 0 Å². The van der Waals surface area contributed by atoms with Crippen molar-refractivity contribution in [3.63, 3.8) is 0 Å². The minimum Gasteiger partial charge on any atom is -0.382 e. The van der Waals surface area contributed by atoms with E-state index in [9.17, 15) is 4.79 Å². The molecule has 1 amide bonds. The molecule has 7 nitrogen and oxygen atoms in total. The zero-order valence-corrected chi connectivity index (χ0v) is 14.8. The van der Waals surface area contributed by atoms with Crippen LogP contribution >= 0.6 is 0 Å². The number of hydrogen-bond donors (Lipinski definition) is 2. The van der Waals surface area contributed by atoms with Crippen LogP contribution in [-0.4, -0.2) is 76.4 Å². The first-order valence-electron chi connectivity index (χ1n) is 8.55. The van der Waals surface area contributed by atoms with Crippen LogP contribution in [0.2, 0.25) is 0 Å². The lowest BCUT2D eigenvalue weighted by Gasteiger charge is -2.16. The molecule has 0 bridgehead atoms. The maximum atomic E-state index is 11.7. The van der Waals surface area contributed by atoms with Gasteiger partial charge in [-0.25, -0.2) is 4.99 Å². The molecule has 1 unspecified atom stereocenters. The molecule has 1 rings (SSSR count). The summed E-state index contributed by atoms with van der Waals surface area (Å²) >= 11 is 0. The predicted molar refractivity (Wildman–Crippen MR) is 91.7 cm³/mol. The van der Waals surface area contributed by atoms with Gasteiger partial charge in [-0.15, -0.1) is 0 Å². The van der Waals surface area contributed by atoms with Crippen LogP contribution < -0.4 is 10.6 Å². The van der Waals surface area contributed by atoms with Gasteiger partial charge < -0.3 is 25.0 Å². The number of rotatable bonds is 10. The zero-order valence-electron chi connectivity index (χ0n) is 14.8. The third-order valence-electron chi connectivity index (χ3n) is 3.60. The van der Waals surface area contributed by atoms with Crippen molar-refractivity contribution in [2.45, 2.75) is 38.7 Å². The average Bonchev–Trinajstić information content (AvgIpc) is 3.05. The standard InChI is InChI=1S/C16H32N4O3/c1-4-22-10-6-5-9-17-16(19-13-15(21)20(2)3)18-12-14-8-7-11-23-14/h14H,4-13H2,1-3H3,(H2,17,18,19). The summed E-state index contributed by atoms with van der Waals surface area (Å²) in [5.74, 6) is 0.659. The number of hydrogen-bond acceptors (Lipinski definition) is 4. The van der Waals surface area contributed by atoms with E-state index >= 15 is 0 Å². The Morgan fingerprint density at radius 2 is 2.17 bits per heavy atom. The van der Waals surface area contributed by atoms with Crippen LogP contribution in [0.1, 0.15) is 32.6 Å². The van der Waals surface area contributed by atoms with Gasteiger partial charge in [-0.1, -0.05) is 0 Å². The number of ether oxygens (including phenoxy) is 2. The van der Waals surface area contributed by atoms with Crippen molar-refractivity contribution >= 4 is 11.9 Å². The Labute approximate surface area is 139 Å². The fourth-order valence-electron chi connectivity index (χ4n) is 2.16. The van der Waals surface area contributed by atoms with E-state index in [2.05, 4.69) is 15.6 Å². The topological polar surface area (TPSA) is 75.2 Å². The summed E-state index contributed by atoms with van der Waals surface area (Å²) in [6.07, 6.45) is 4.44. The Hall–Kier alpha value is -1.34. The number of carbonyl (C=O) groups excluding carboxylic acids is 1. The Kier molecular flexibility index (Phi) is 10.4. The Bertz CT molecular complexity index is 355. The Morgan fingerprint density at radius 3 is 2.83 bits per heavy atom. The number of nitrogens with zero attached hydrogens (tertiary/aromatic N) is 2. The summed E-state index contributed by atoms with van der Waals surface area (Å²) in [6, 6.07) is 0. The molecule has 0 aromatic rings. The second-order valence-corrected chi connectivity index (χ2v) is 5.80. The maximum absolute atomic E-state index is 11.7. The van der Waals surface area contributed by atoms with E-state index in [1.807, 2.05) is 6.92 Å². The van der Waals surface area contributed by atoms with Gasteiger partial charge in [-0.05, 0) is 32.6 Å². The summed E-state index contributed by atoms with van der Waals surface area (Å²) in [4.78, 5) is 17.6. The van der Waals surface area contributed by atoms with Gasteiger partial charge in [0.2, 0.25) is 5.91 Å². The minimum atomic E-state index is -0.0143. The van der Waals surface area contributed by atoms with Crippen molar-refractivity contribution < 1.29 is 14.3 Å². The summed E-state index contributed by atoms with van der Waals surface area (Å²) in [5, 5.41) is 6.54. The highest BCUT2D eigenvalue weighted by Crippen LogP contribution is 2.10. The second kappa shape index (κ2) is 12.1. The van der Waals surface area contributed by atoms with Gasteiger partial charge in [0.1, 0.15) is 6.54 Å². The van der Waals surface area contributed by atoms with E-state index in [-0.39, 0.29) is 18.6 Å². The first-order chi connectivity index (χ1) is 11.1. The number of nitrogens with one attached hydrogen (secondary N) is 2. The molecule has 0 aliphatic carbocycles. The molecule has 2 N–H and O–H groups in total. The molecule has 134 valence electrons. The minimum absolute atomic E-state index is 0.0143. The maximum Gasteiger partial charge on any atom is 0.243 e. The fourth-order valence-corrected chi connectivity index (χ4v) is 2.16. The highest BCUT2D eigenvalue weighted by molar-refractivity contribution is 5.84. The number of unbranched alkanes of at least 4 members (excludes halogenated alkanes) is 1. The number of amides is 1. The second-order valence-electron chi connectivity index (χ2n) is 5.80. The molecule has 0 aromatic carbocycles. The van der Waals surface area contributed by atoms with Gasteiger partial charge in [0.15, 0.2) is 5.96 Å². The van der Waals surface area contributed by atoms with E-state index in [4.69, 9.17) is 9.47 Å². The van der Waals surface area contributed by atoms with Crippen LogP contribution in [0.4, 0.5) is 0 Å². The lowest BCUT2D eigenvalue weighted by atomic mass is 10.2. The molecule has 23 heavy (non-hydrogen) atoms. The molecule has 1 aliphatic rings. The van der Waals surface area contributed by atoms with E-state index in [0.29, 0.717) is 5.96 Å². The van der Waals surface area contributed by atoms with E-state index < -0.39 is 0 Å². The quantitative estimate of drug-likeness (QED) is 0.349. The molecule has 0 spiro atoms. The Balaban J connectivity index is 2.33. The molecule has 1 fully saturated rings. The highest BCUT2D eigenvalue weighted by atomic mass is 16.5. The van der Waals surface area contributed by atoms with Gasteiger partial charge in [-0.2, -0.15) is 0 Å². The van der Waals surface area contributed by atoms with Crippen molar-refractivity contribution in [2.75, 3.05) is 53.6 Å². The van der Waals surface area contributed by atoms with Gasteiger partial charge in [0.05, 0.1) is 6.10 Å². The molecule has 0 saturated carbocycles. The summed E-state index contributed by atoms with van der Waals surface area (Å²) < 4.78 is 10.9. The number of likely N-dealkylation sites (N-methyl/N-ethyl adjacent to an activating group) is 1.